The van der Waals surface area contributed by atoms with Crippen LogP contribution < -0.4 is 5.56 Å². The molecular formula is C20H19ClN6O2. The summed E-state index contributed by atoms with van der Waals surface area (Å²) in [5, 5.41) is 17.6. The molecule has 0 bridgehead atoms. The van der Waals surface area contributed by atoms with E-state index in [1.54, 1.807) is 24.3 Å². The molecule has 0 atom stereocenters. The van der Waals surface area contributed by atoms with E-state index in [0.717, 1.165) is 5.56 Å². The molecule has 29 heavy (non-hydrogen) atoms. The van der Waals surface area contributed by atoms with Crippen molar-refractivity contribution in [2.45, 2.75) is 33.1 Å². The smallest absolute Gasteiger partial charge is 0.278 e. The lowest BCUT2D eigenvalue weighted by molar-refractivity contribution is 0.135. The van der Waals surface area contributed by atoms with Crippen LogP contribution in [-0.2, 0) is 13.2 Å². The van der Waals surface area contributed by atoms with Gasteiger partial charge in [0.2, 0.25) is 11.8 Å². The van der Waals surface area contributed by atoms with Gasteiger partial charge in [-0.05, 0) is 50.2 Å². The summed E-state index contributed by atoms with van der Waals surface area (Å²) in [7, 11) is 0. The van der Waals surface area contributed by atoms with Gasteiger partial charge in [-0.2, -0.15) is 4.68 Å². The van der Waals surface area contributed by atoms with Crippen molar-refractivity contribution < 1.29 is 4.42 Å². The predicted molar refractivity (Wildman–Crippen MR) is 109 cm³/mol. The van der Waals surface area contributed by atoms with Crippen LogP contribution in [0.4, 0.5) is 0 Å². The SMILES string of the molecule is CC(C)N(Cc1nnc(-c2ccc(Cl)cc2)o1)Cn1nnc2ccccc2c1=O. The number of nitrogens with zero attached hydrogens (tertiary/aromatic N) is 6. The molecule has 0 N–H and O–H groups in total. The topological polar surface area (TPSA) is 89.9 Å². The van der Waals surface area contributed by atoms with Crippen molar-refractivity contribution in [3.8, 4) is 11.5 Å². The fourth-order valence-electron chi connectivity index (χ4n) is 2.88. The largest absolute Gasteiger partial charge is 0.419 e. The summed E-state index contributed by atoms with van der Waals surface area (Å²) in [6, 6.07) is 14.5. The van der Waals surface area contributed by atoms with E-state index in [2.05, 4.69) is 20.5 Å². The van der Waals surface area contributed by atoms with Crippen molar-refractivity contribution >= 4 is 22.5 Å². The molecule has 0 aliphatic carbocycles. The average Bonchev–Trinajstić information content (AvgIpc) is 3.18. The molecule has 0 spiro atoms. The molecule has 148 valence electrons. The molecule has 4 aromatic rings. The highest BCUT2D eigenvalue weighted by atomic mass is 35.5. The second-order valence-corrected chi connectivity index (χ2v) is 7.34. The summed E-state index contributed by atoms with van der Waals surface area (Å²) in [5.74, 6) is 0.869. The number of rotatable bonds is 6. The van der Waals surface area contributed by atoms with Gasteiger partial charge in [0.05, 0.1) is 18.6 Å². The standard InChI is InChI=1S/C20H19ClN6O2/c1-13(2)26(12-27-20(28)16-5-3-4-6-17(16)22-25-27)11-18-23-24-19(29-18)14-7-9-15(21)10-8-14/h3-10,13H,11-12H2,1-2H3. The molecule has 0 saturated carbocycles. The van der Waals surface area contributed by atoms with E-state index in [4.69, 9.17) is 16.0 Å². The Kier molecular flexibility index (Phi) is 5.37. The van der Waals surface area contributed by atoms with Crippen LogP contribution in [-0.4, -0.2) is 36.1 Å². The molecule has 4 rings (SSSR count). The fraction of sp³-hybridized carbons (Fsp3) is 0.250. The first-order valence-corrected chi connectivity index (χ1v) is 9.54. The molecule has 0 aliphatic heterocycles. The summed E-state index contributed by atoms with van der Waals surface area (Å²) in [6.45, 7) is 4.68. The van der Waals surface area contributed by atoms with Crippen LogP contribution in [0.2, 0.25) is 5.02 Å². The monoisotopic (exact) mass is 410 g/mol. The van der Waals surface area contributed by atoms with Crippen LogP contribution in [0.1, 0.15) is 19.7 Å². The van der Waals surface area contributed by atoms with E-state index < -0.39 is 0 Å². The number of hydrogen-bond acceptors (Lipinski definition) is 7. The highest BCUT2D eigenvalue weighted by molar-refractivity contribution is 6.30. The highest BCUT2D eigenvalue weighted by Gasteiger charge is 2.18. The molecule has 8 nitrogen and oxygen atoms in total. The first-order valence-electron chi connectivity index (χ1n) is 9.16. The first-order chi connectivity index (χ1) is 14.0. The Labute approximate surface area is 171 Å². The van der Waals surface area contributed by atoms with Crippen molar-refractivity contribution in [1.82, 2.24) is 30.1 Å². The second-order valence-electron chi connectivity index (χ2n) is 6.90. The fourth-order valence-corrected chi connectivity index (χ4v) is 3.01. The summed E-state index contributed by atoms with van der Waals surface area (Å²) in [6.07, 6.45) is 0. The number of benzene rings is 2. The van der Waals surface area contributed by atoms with Gasteiger partial charge in [-0.25, -0.2) is 0 Å². The first kappa shape index (κ1) is 19.2. The highest BCUT2D eigenvalue weighted by Crippen LogP contribution is 2.21. The van der Waals surface area contributed by atoms with Gasteiger partial charge in [0.1, 0.15) is 5.52 Å². The van der Waals surface area contributed by atoms with Crippen LogP contribution in [0, 0.1) is 0 Å². The lowest BCUT2D eigenvalue weighted by atomic mass is 10.2. The molecule has 0 unspecified atom stereocenters. The van der Waals surface area contributed by atoms with Gasteiger partial charge in [-0.1, -0.05) is 28.9 Å². The molecule has 0 amide bonds. The maximum Gasteiger partial charge on any atom is 0.278 e. The number of hydrogen-bond donors (Lipinski definition) is 0. The Morgan fingerprint density at radius 2 is 1.83 bits per heavy atom. The Balaban J connectivity index is 1.56. The molecule has 2 aromatic heterocycles. The maximum atomic E-state index is 12.7. The van der Waals surface area contributed by atoms with Crippen molar-refractivity contribution in [2.75, 3.05) is 0 Å². The number of aromatic nitrogens is 5. The predicted octanol–water partition coefficient (Wildman–Crippen LogP) is 3.36. The summed E-state index contributed by atoms with van der Waals surface area (Å²) >= 11 is 5.92. The number of fused-ring (bicyclic) bond motifs is 1. The van der Waals surface area contributed by atoms with E-state index >= 15 is 0 Å². The molecule has 0 saturated heterocycles. The van der Waals surface area contributed by atoms with Crippen molar-refractivity contribution in [1.29, 1.82) is 0 Å². The van der Waals surface area contributed by atoms with Crippen LogP contribution in [0.15, 0.2) is 57.7 Å². The third-order valence-electron chi connectivity index (χ3n) is 4.57. The Hall–Kier alpha value is -3.10. The van der Waals surface area contributed by atoms with Gasteiger partial charge < -0.3 is 4.42 Å². The zero-order chi connectivity index (χ0) is 20.4. The van der Waals surface area contributed by atoms with Gasteiger partial charge >= 0.3 is 0 Å². The van der Waals surface area contributed by atoms with Gasteiger partial charge in [0, 0.05) is 16.6 Å². The summed E-state index contributed by atoms with van der Waals surface area (Å²) in [4.78, 5) is 14.7. The van der Waals surface area contributed by atoms with Gasteiger partial charge in [-0.3, -0.25) is 9.69 Å². The molecule has 2 heterocycles. The van der Waals surface area contributed by atoms with Gasteiger partial charge in [-0.15, -0.1) is 15.3 Å². The lowest BCUT2D eigenvalue weighted by Crippen LogP contribution is -2.38. The van der Waals surface area contributed by atoms with Crippen LogP contribution in [0.3, 0.4) is 0 Å². The quantitative estimate of drug-likeness (QED) is 0.481. The molecule has 9 heteroatoms. The minimum Gasteiger partial charge on any atom is -0.419 e. The third kappa shape index (κ3) is 4.18. The minimum absolute atomic E-state index is 0.112. The van der Waals surface area contributed by atoms with Crippen molar-refractivity contribution in [2.24, 2.45) is 0 Å². The van der Waals surface area contributed by atoms with Crippen LogP contribution in [0.25, 0.3) is 22.4 Å². The third-order valence-corrected chi connectivity index (χ3v) is 4.82. The molecule has 2 aromatic carbocycles. The Bertz CT molecular complexity index is 1190. The van der Waals surface area contributed by atoms with Crippen LogP contribution in [0.5, 0.6) is 0 Å². The normalized spacial score (nSPS) is 11.6. The molecule has 0 radical (unpaired) electrons. The molecule has 0 fully saturated rings. The average molecular weight is 411 g/mol. The second kappa shape index (κ2) is 8.10. The zero-order valence-electron chi connectivity index (χ0n) is 16.0. The van der Waals surface area contributed by atoms with Crippen molar-refractivity contribution in [3.05, 3.63) is 69.8 Å². The zero-order valence-corrected chi connectivity index (χ0v) is 16.7. The summed E-state index contributed by atoms with van der Waals surface area (Å²) in [5.41, 5.74) is 1.18. The van der Waals surface area contributed by atoms with Gasteiger partial charge in [0.25, 0.3) is 5.56 Å². The maximum absolute atomic E-state index is 12.7. The van der Waals surface area contributed by atoms with E-state index in [1.807, 2.05) is 43.0 Å². The van der Waals surface area contributed by atoms with E-state index in [1.165, 1.54) is 4.68 Å². The van der Waals surface area contributed by atoms with Gasteiger partial charge in [0.15, 0.2) is 0 Å². The number of halogens is 1. The minimum atomic E-state index is -0.186. The van der Waals surface area contributed by atoms with E-state index in [0.29, 0.717) is 34.3 Å². The van der Waals surface area contributed by atoms with Crippen molar-refractivity contribution in [3.63, 3.8) is 0 Å². The Morgan fingerprint density at radius 1 is 1.07 bits per heavy atom. The Morgan fingerprint density at radius 3 is 2.59 bits per heavy atom. The van der Waals surface area contributed by atoms with E-state index in [9.17, 15) is 4.79 Å². The summed E-state index contributed by atoms with van der Waals surface area (Å²) < 4.78 is 7.14. The van der Waals surface area contributed by atoms with Crippen LogP contribution >= 0.6 is 11.6 Å². The molecular weight excluding hydrogens is 392 g/mol. The molecule has 0 aliphatic rings. The van der Waals surface area contributed by atoms with E-state index in [-0.39, 0.29) is 18.3 Å². The lowest BCUT2D eigenvalue weighted by Gasteiger charge is -2.24.